The number of benzene rings is 2. The normalized spacial score (nSPS) is 26.3. The molecule has 0 aliphatic carbocycles. The average Bonchev–Trinajstić information content (AvgIpc) is 3.13. The molecule has 0 radical (unpaired) electrons. The van der Waals surface area contributed by atoms with Gasteiger partial charge in [-0.05, 0) is 42.5 Å². The molecule has 9 heteroatoms. The van der Waals surface area contributed by atoms with Crippen molar-refractivity contribution in [2.24, 2.45) is 0 Å². The number of amides is 1. The molecule has 0 spiro atoms. The Morgan fingerprint density at radius 1 is 1.03 bits per heavy atom. The van der Waals surface area contributed by atoms with Crippen LogP contribution in [0.25, 0.3) is 0 Å². The van der Waals surface area contributed by atoms with Crippen molar-refractivity contribution in [3.05, 3.63) is 65.7 Å². The number of nitrogens with one attached hydrogen (secondary N) is 1. The van der Waals surface area contributed by atoms with Crippen molar-refractivity contribution in [3.63, 3.8) is 0 Å². The van der Waals surface area contributed by atoms with Gasteiger partial charge in [0.25, 0.3) is 5.91 Å². The number of nitrogens with zero attached hydrogens (tertiary/aromatic N) is 2. The van der Waals surface area contributed by atoms with Crippen LogP contribution >= 0.6 is 0 Å². The minimum absolute atomic E-state index is 0.117. The molecule has 2 aliphatic heterocycles. The van der Waals surface area contributed by atoms with E-state index in [2.05, 4.69) is 15.1 Å². The fraction of sp³-hybridized carbons (Fsp3) is 0.435. The summed E-state index contributed by atoms with van der Waals surface area (Å²) in [4.78, 5) is 16.6. The quantitative estimate of drug-likeness (QED) is 0.613. The third-order valence-electron chi connectivity index (χ3n) is 6.12. The fourth-order valence-corrected chi connectivity index (χ4v) is 4.45. The standard InChI is InChI=1S/C23H27F2N3O4/c24-16-4-6-18(7-5-16)27-8-10-28(11-9-27)21-19(32-20(14-29)22(21)30)13-26-23(31)15-2-1-3-17(25)12-15/h1-7,12,19-22,29-30H,8-11,13-14H2,(H,26,31)/t19-,20+,21+,22-/m1/s1. The van der Waals surface area contributed by atoms with Gasteiger partial charge in [-0.15, -0.1) is 0 Å². The van der Waals surface area contributed by atoms with E-state index in [1.165, 1.54) is 30.3 Å². The molecule has 4 atom stereocenters. The molecule has 0 bridgehead atoms. The molecule has 7 nitrogen and oxygen atoms in total. The van der Waals surface area contributed by atoms with Gasteiger partial charge in [-0.25, -0.2) is 8.78 Å². The number of aliphatic hydroxyl groups is 2. The number of hydrogen-bond acceptors (Lipinski definition) is 6. The van der Waals surface area contributed by atoms with E-state index in [0.717, 1.165) is 11.8 Å². The SMILES string of the molecule is O=C(NC[C@H]1O[C@@H](CO)[C@@H](O)[C@H]1N1CCN(c2ccc(F)cc2)CC1)c1cccc(F)c1. The minimum atomic E-state index is -0.909. The zero-order chi connectivity index (χ0) is 22.7. The van der Waals surface area contributed by atoms with Crippen molar-refractivity contribution in [2.45, 2.75) is 24.4 Å². The van der Waals surface area contributed by atoms with Gasteiger partial charge in [-0.2, -0.15) is 0 Å². The first-order valence-electron chi connectivity index (χ1n) is 10.7. The Balaban J connectivity index is 1.39. The van der Waals surface area contributed by atoms with Crippen molar-refractivity contribution in [2.75, 3.05) is 44.2 Å². The highest BCUT2D eigenvalue weighted by atomic mass is 19.1. The van der Waals surface area contributed by atoms with Crippen molar-refractivity contribution < 1.29 is 28.5 Å². The van der Waals surface area contributed by atoms with E-state index >= 15 is 0 Å². The van der Waals surface area contributed by atoms with Crippen molar-refractivity contribution in [3.8, 4) is 0 Å². The first-order valence-corrected chi connectivity index (χ1v) is 10.7. The number of ether oxygens (including phenoxy) is 1. The van der Waals surface area contributed by atoms with E-state index in [0.29, 0.717) is 26.2 Å². The van der Waals surface area contributed by atoms with Crippen LogP contribution in [0.4, 0.5) is 14.5 Å². The van der Waals surface area contributed by atoms with Gasteiger partial charge in [-0.1, -0.05) is 6.07 Å². The minimum Gasteiger partial charge on any atom is -0.394 e. The monoisotopic (exact) mass is 447 g/mol. The maximum absolute atomic E-state index is 13.4. The highest BCUT2D eigenvalue weighted by Crippen LogP contribution is 2.27. The molecule has 172 valence electrons. The zero-order valence-electron chi connectivity index (χ0n) is 17.5. The summed E-state index contributed by atoms with van der Waals surface area (Å²) in [5.41, 5.74) is 1.13. The number of carbonyl (C=O) groups excluding carboxylic acids is 1. The van der Waals surface area contributed by atoms with Gasteiger partial charge in [0, 0.05) is 44.0 Å². The summed E-state index contributed by atoms with van der Waals surface area (Å²) in [6, 6.07) is 11.3. The van der Waals surface area contributed by atoms with Crippen LogP contribution in [0.5, 0.6) is 0 Å². The third-order valence-corrected chi connectivity index (χ3v) is 6.12. The largest absolute Gasteiger partial charge is 0.394 e. The first kappa shape index (κ1) is 22.6. The van der Waals surface area contributed by atoms with Crippen molar-refractivity contribution in [1.82, 2.24) is 10.2 Å². The van der Waals surface area contributed by atoms with E-state index in [1.807, 2.05) is 0 Å². The number of piperazine rings is 1. The molecule has 0 unspecified atom stereocenters. The number of rotatable bonds is 6. The van der Waals surface area contributed by atoms with Crippen LogP contribution in [0, 0.1) is 11.6 Å². The summed E-state index contributed by atoms with van der Waals surface area (Å²) >= 11 is 0. The number of hydrogen-bond donors (Lipinski definition) is 3. The number of aliphatic hydroxyl groups excluding tert-OH is 2. The summed E-state index contributed by atoms with van der Waals surface area (Å²) in [6.45, 7) is 2.42. The van der Waals surface area contributed by atoms with Gasteiger partial charge in [-0.3, -0.25) is 9.69 Å². The second kappa shape index (κ2) is 9.91. The Hall–Kier alpha value is -2.59. The molecule has 3 N–H and O–H groups in total. The maximum atomic E-state index is 13.4. The average molecular weight is 447 g/mol. The Bertz CT molecular complexity index is 922. The molecular weight excluding hydrogens is 420 g/mol. The van der Waals surface area contributed by atoms with Gasteiger partial charge in [0.2, 0.25) is 0 Å². The second-order valence-corrected chi connectivity index (χ2v) is 8.10. The van der Waals surface area contributed by atoms with Gasteiger partial charge in [0.1, 0.15) is 23.8 Å². The summed E-state index contributed by atoms with van der Waals surface area (Å²) in [7, 11) is 0. The topological polar surface area (TPSA) is 85.3 Å². The molecule has 2 saturated heterocycles. The van der Waals surface area contributed by atoms with Crippen LogP contribution in [0.1, 0.15) is 10.4 Å². The lowest BCUT2D eigenvalue weighted by atomic mass is 10.0. The Morgan fingerprint density at radius 2 is 1.75 bits per heavy atom. The molecular formula is C23H27F2N3O4. The highest BCUT2D eigenvalue weighted by molar-refractivity contribution is 5.94. The van der Waals surface area contributed by atoms with Crippen LogP contribution < -0.4 is 10.2 Å². The predicted octanol–water partition coefficient (Wildman–Crippen LogP) is 1.01. The lowest BCUT2D eigenvalue weighted by Crippen LogP contribution is -2.57. The van der Waals surface area contributed by atoms with Crippen LogP contribution in [0.3, 0.4) is 0 Å². The Labute approximate surface area is 185 Å². The molecule has 0 saturated carbocycles. The maximum Gasteiger partial charge on any atom is 0.251 e. The van der Waals surface area contributed by atoms with Crippen molar-refractivity contribution in [1.29, 1.82) is 0 Å². The smallest absolute Gasteiger partial charge is 0.251 e. The first-order chi connectivity index (χ1) is 15.5. The van der Waals surface area contributed by atoms with E-state index in [-0.39, 0.29) is 24.5 Å². The molecule has 2 aromatic rings. The zero-order valence-corrected chi connectivity index (χ0v) is 17.5. The number of halogens is 2. The van der Waals surface area contributed by atoms with Crippen molar-refractivity contribution >= 4 is 11.6 Å². The van der Waals surface area contributed by atoms with Gasteiger partial charge in [0.05, 0.1) is 18.8 Å². The fourth-order valence-electron chi connectivity index (χ4n) is 4.45. The highest BCUT2D eigenvalue weighted by Gasteiger charge is 2.46. The lowest BCUT2D eigenvalue weighted by molar-refractivity contribution is -0.0209. The molecule has 4 rings (SSSR count). The van der Waals surface area contributed by atoms with Gasteiger partial charge >= 0.3 is 0 Å². The molecule has 1 amide bonds. The Morgan fingerprint density at radius 3 is 2.41 bits per heavy atom. The van der Waals surface area contributed by atoms with Gasteiger partial charge < -0.3 is 25.2 Å². The third kappa shape index (κ3) is 4.91. The molecule has 2 aromatic carbocycles. The van der Waals surface area contributed by atoms with E-state index in [9.17, 15) is 23.8 Å². The van der Waals surface area contributed by atoms with Gasteiger partial charge in [0.15, 0.2) is 0 Å². The summed E-state index contributed by atoms with van der Waals surface area (Å²) in [5.74, 6) is -1.21. The van der Waals surface area contributed by atoms with Crippen LogP contribution in [0.15, 0.2) is 48.5 Å². The molecule has 32 heavy (non-hydrogen) atoms. The van der Waals surface area contributed by atoms with Crippen LogP contribution in [-0.2, 0) is 4.74 Å². The van der Waals surface area contributed by atoms with E-state index in [1.54, 1.807) is 12.1 Å². The summed E-state index contributed by atoms with van der Waals surface area (Å²) in [5, 5.41) is 23.1. The molecule has 0 aromatic heterocycles. The van der Waals surface area contributed by atoms with E-state index in [4.69, 9.17) is 4.74 Å². The van der Waals surface area contributed by atoms with Crippen LogP contribution in [0.2, 0.25) is 0 Å². The second-order valence-electron chi connectivity index (χ2n) is 8.10. The number of anilines is 1. The molecule has 2 heterocycles. The Kier molecular flexibility index (Phi) is 7.00. The van der Waals surface area contributed by atoms with Crippen LogP contribution in [-0.4, -0.2) is 84.7 Å². The van der Waals surface area contributed by atoms with E-state index < -0.39 is 36.1 Å². The predicted molar refractivity (Wildman–Crippen MR) is 114 cm³/mol. The summed E-state index contributed by atoms with van der Waals surface area (Å²) in [6.07, 6.45) is -2.18. The molecule has 2 fully saturated rings. The molecule has 2 aliphatic rings. The lowest BCUT2D eigenvalue weighted by Gasteiger charge is -2.41. The number of carbonyl (C=O) groups is 1. The summed E-state index contributed by atoms with van der Waals surface area (Å²) < 4.78 is 32.4.